The van der Waals surface area contributed by atoms with E-state index in [1.165, 1.54) is 11.3 Å². The van der Waals surface area contributed by atoms with Crippen LogP contribution in [0.2, 0.25) is 5.02 Å². The molecule has 1 aliphatic carbocycles. The summed E-state index contributed by atoms with van der Waals surface area (Å²) in [7, 11) is 0. The zero-order valence-electron chi connectivity index (χ0n) is 11.7. The predicted molar refractivity (Wildman–Crippen MR) is 89.6 cm³/mol. The second-order valence-electron chi connectivity index (χ2n) is 4.97. The highest BCUT2D eigenvalue weighted by molar-refractivity contribution is 7.11. The van der Waals surface area contributed by atoms with E-state index >= 15 is 0 Å². The number of thiazole rings is 1. The van der Waals surface area contributed by atoms with Gasteiger partial charge in [0.2, 0.25) is 5.06 Å². The van der Waals surface area contributed by atoms with Crippen LogP contribution in [0, 0.1) is 0 Å². The van der Waals surface area contributed by atoms with Crippen LogP contribution in [0.25, 0.3) is 0 Å². The summed E-state index contributed by atoms with van der Waals surface area (Å²) >= 11 is 7.81. The summed E-state index contributed by atoms with van der Waals surface area (Å²) in [6, 6.07) is 5.17. The number of hydrogen-bond donors (Lipinski definition) is 1. The number of aromatic nitrogens is 1. The van der Waals surface area contributed by atoms with Gasteiger partial charge in [0.15, 0.2) is 0 Å². The molecule has 1 unspecified atom stereocenters. The number of hydrogen-bond acceptors (Lipinski definition) is 4. The van der Waals surface area contributed by atoms with Crippen molar-refractivity contribution in [3.05, 3.63) is 64.4 Å². The summed E-state index contributed by atoms with van der Waals surface area (Å²) in [6.45, 7) is 0. The number of halogens is 1. The molecule has 5 nitrogen and oxygen atoms in total. The van der Waals surface area contributed by atoms with Gasteiger partial charge in [-0.15, -0.1) is 0 Å². The first kappa shape index (κ1) is 14.2. The van der Waals surface area contributed by atoms with E-state index in [1.807, 2.05) is 36.4 Å². The van der Waals surface area contributed by atoms with E-state index in [-0.39, 0.29) is 11.9 Å². The molecule has 0 spiro atoms. The minimum absolute atomic E-state index is 0.112. The Morgan fingerprint density at radius 1 is 1.35 bits per heavy atom. The Hall–Kier alpha value is -2.44. The van der Waals surface area contributed by atoms with Crippen molar-refractivity contribution >= 4 is 34.7 Å². The molecule has 114 valence electrons. The first-order valence-corrected chi connectivity index (χ1v) is 8.11. The monoisotopic (exact) mass is 343 g/mol. The van der Waals surface area contributed by atoms with Crippen LogP contribution < -0.4 is 10.1 Å². The number of aliphatic imine (C=N–C) groups is 1. The number of amides is 2. The van der Waals surface area contributed by atoms with Gasteiger partial charge >= 0.3 is 6.03 Å². The minimum Gasteiger partial charge on any atom is -0.445 e. The molecule has 1 aromatic carbocycles. The topological polar surface area (TPSA) is 63.6 Å². The normalized spacial score (nSPS) is 19.0. The third kappa shape index (κ3) is 2.67. The number of benzene rings is 1. The van der Waals surface area contributed by atoms with E-state index in [9.17, 15) is 4.79 Å². The minimum atomic E-state index is -0.350. The lowest BCUT2D eigenvalue weighted by molar-refractivity contribution is 0.253. The molecule has 0 bridgehead atoms. The van der Waals surface area contributed by atoms with Gasteiger partial charge in [-0.25, -0.2) is 9.78 Å². The van der Waals surface area contributed by atoms with Gasteiger partial charge in [0.05, 0.1) is 23.1 Å². The Morgan fingerprint density at radius 2 is 2.26 bits per heavy atom. The third-order valence-corrected chi connectivity index (χ3v) is 4.49. The zero-order valence-corrected chi connectivity index (χ0v) is 13.3. The molecule has 2 heterocycles. The molecule has 2 aromatic rings. The molecule has 7 heteroatoms. The fourth-order valence-corrected chi connectivity index (χ4v) is 3.31. The molecule has 2 amide bonds. The van der Waals surface area contributed by atoms with Crippen LogP contribution >= 0.6 is 22.9 Å². The summed E-state index contributed by atoms with van der Waals surface area (Å²) in [4.78, 5) is 19.3. The van der Waals surface area contributed by atoms with Crippen LogP contribution in [0.4, 0.5) is 4.79 Å². The molecule has 0 fully saturated rings. The highest BCUT2D eigenvalue weighted by Gasteiger charge is 2.25. The number of allylic oxidation sites excluding steroid dienone is 3. The summed E-state index contributed by atoms with van der Waals surface area (Å²) < 4.78 is 5.91. The van der Waals surface area contributed by atoms with E-state index in [0.29, 0.717) is 27.2 Å². The molecule has 1 aromatic heterocycles. The number of carbonyl (C=O) groups is 1. The molecule has 0 radical (unpaired) electrons. The Morgan fingerprint density at radius 3 is 3.09 bits per heavy atom. The van der Waals surface area contributed by atoms with Crippen LogP contribution in [0.3, 0.4) is 0 Å². The smallest absolute Gasteiger partial charge is 0.346 e. The molecular weight excluding hydrogens is 334 g/mol. The molecule has 2 aliphatic rings. The maximum Gasteiger partial charge on any atom is 0.346 e. The summed E-state index contributed by atoms with van der Waals surface area (Å²) in [5.41, 5.74) is 3.89. The summed E-state index contributed by atoms with van der Waals surface area (Å²) in [5.74, 6) is 0.553. The van der Waals surface area contributed by atoms with Crippen molar-refractivity contribution < 1.29 is 9.53 Å². The Bertz CT molecular complexity index is 871. The van der Waals surface area contributed by atoms with Crippen LogP contribution in [0.1, 0.15) is 11.5 Å². The van der Waals surface area contributed by atoms with Crippen LogP contribution in [0.5, 0.6) is 10.8 Å². The predicted octanol–water partition coefficient (Wildman–Crippen LogP) is 4.29. The molecule has 4 rings (SSSR count). The first-order valence-electron chi connectivity index (χ1n) is 6.85. The third-order valence-electron chi connectivity index (χ3n) is 3.51. The summed E-state index contributed by atoms with van der Waals surface area (Å²) in [5, 5.41) is 4.01. The van der Waals surface area contributed by atoms with E-state index in [2.05, 4.69) is 15.3 Å². The van der Waals surface area contributed by atoms with Gasteiger partial charge in [-0.3, -0.25) is 0 Å². The van der Waals surface area contributed by atoms with Crippen molar-refractivity contribution in [2.75, 3.05) is 0 Å². The number of rotatable bonds is 3. The second-order valence-corrected chi connectivity index (χ2v) is 6.22. The number of urea groups is 1. The molecular formula is C16H10ClN3O2S. The summed E-state index contributed by atoms with van der Waals surface area (Å²) in [6.07, 6.45) is 7.35. The van der Waals surface area contributed by atoms with Crippen LogP contribution in [0.15, 0.2) is 58.8 Å². The Balaban J connectivity index is 1.73. The van der Waals surface area contributed by atoms with Crippen molar-refractivity contribution in [3.8, 4) is 10.8 Å². The van der Waals surface area contributed by atoms with Crippen molar-refractivity contribution in [2.45, 2.75) is 5.92 Å². The molecule has 23 heavy (non-hydrogen) atoms. The van der Waals surface area contributed by atoms with Gasteiger partial charge in [0, 0.05) is 16.5 Å². The van der Waals surface area contributed by atoms with E-state index in [0.717, 1.165) is 5.56 Å². The fraction of sp³-hybridized carbons (Fsp3) is 0.0625. The number of carbonyl (C=O) groups excluding carboxylic acids is 1. The second kappa shape index (κ2) is 5.64. The average molecular weight is 344 g/mol. The Kier molecular flexibility index (Phi) is 3.48. The highest BCUT2D eigenvalue weighted by atomic mass is 35.5. The van der Waals surface area contributed by atoms with E-state index in [1.54, 1.807) is 11.7 Å². The van der Waals surface area contributed by atoms with Gasteiger partial charge in [0.25, 0.3) is 0 Å². The van der Waals surface area contributed by atoms with Crippen LogP contribution in [-0.4, -0.2) is 16.7 Å². The van der Waals surface area contributed by atoms with E-state index in [4.69, 9.17) is 16.3 Å². The van der Waals surface area contributed by atoms with Gasteiger partial charge < -0.3 is 10.1 Å². The van der Waals surface area contributed by atoms with Gasteiger partial charge in [-0.05, 0) is 24.3 Å². The molecule has 0 saturated carbocycles. The maximum absolute atomic E-state index is 11.4. The molecule has 1 atom stereocenters. The lowest BCUT2D eigenvalue weighted by atomic mass is 9.92. The number of nitrogens with zero attached hydrogens (tertiary/aromatic N) is 2. The largest absolute Gasteiger partial charge is 0.445 e. The highest BCUT2D eigenvalue weighted by Crippen LogP contribution is 2.39. The van der Waals surface area contributed by atoms with Crippen molar-refractivity contribution in [1.29, 1.82) is 0 Å². The SMILES string of the molecule is O=C1N=C2C=CC(c3c(Cl)cccc3Oc3cncs3)C=C2N1. The molecule has 0 saturated heterocycles. The van der Waals surface area contributed by atoms with Gasteiger partial charge in [-0.1, -0.05) is 35.1 Å². The van der Waals surface area contributed by atoms with Crippen molar-refractivity contribution in [3.63, 3.8) is 0 Å². The lowest BCUT2D eigenvalue weighted by Gasteiger charge is -2.19. The number of nitrogens with one attached hydrogen (secondary N) is 1. The van der Waals surface area contributed by atoms with Gasteiger partial charge in [0.1, 0.15) is 5.75 Å². The lowest BCUT2D eigenvalue weighted by Crippen LogP contribution is -2.17. The van der Waals surface area contributed by atoms with Crippen LogP contribution in [-0.2, 0) is 0 Å². The number of fused-ring (bicyclic) bond motifs is 1. The molecule has 1 aliphatic heterocycles. The van der Waals surface area contributed by atoms with Crippen molar-refractivity contribution in [2.24, 2.45) is 4.99 Å². The fourth-order valence-electron chi connectivity index (χ4n) is 2.53. The molecule has 1 N–H and O–H groups in total. The zero-order chi connectivity index (χ0) is 15.8. The number of ether oxygens (including phenoxy) is 1. The first-order chi connectivity index (χ1) is 11.2. The quantitative estimate of drug-likeness (QED) is 0.904. The van der Waals surface area contributed by atoms with Gasteiger partial charge in [-0.2, -0.15) is 4.99 Å². The van der Waals surface area contributed by atoms with E-state index < -0.39 is 0 Å². The standard InChI is InChI=1S/C16H10ClN3O2S/c17-10-2-1-3-13(22-14-7-18-8-23-14)15(10)9-4-5-11-12(6-9)20-16(21)19-11/h1-9H,(H,20,21). The average Bonchev–Trinajstić information content (AvgIpc) is 3.15. The Labute approximate surface area is 141 Å². The van der Waals surface area contributed by atoms with Crippen molar-refractivity contribution in [1.82, 2.24) is 10.3 Å². The maximum atomic E-state index is 11.4.